The first-order valence-electron chi connectivity index (χ1n) is 8.21. The summed E-state index contributed by atoms with van der Waals surface area (Å²) in [4.78, 5) is 14.4. The van der Waals surface area contributed by atoms with E-state index < -0.39 is 10.0 Å². The van der Waals surface area contributed by atoms with Crippen molar-refractivity contribution in [3.05, 3.63) is 29.5 Å². The Morgan fingerprint density at radius 3 is 2.52 bits per heavy atom. The number of furan rings is 1. The van der Waals surface area contributed by atoms with E-state index in [2.05, 4.69) is 0 Å². The molecule has 8 heteroatoms. The molecule has 3 rings (SSSR count). The Balaban J connectivity index is 1.80. The first-order chi connectivity index (χ1) is 11.9. The van der Waals surface area contributed by atoms with E-state index in [0.717, 1.165) is 10.9 Å². The lowest BCUT2D eigenvalue weighted by molar-refractivity contribution is 0.0667. The molecule has 0 radical (unpaired) electrons. The summed E-state index contributed by atoms with van der Waals surface area (Å²) in [6.45, 7) is 4.81. The van der Waals surface area contributed by atoms with Gasteiger partial charge in [0.2, 0.25) is 10.0 Å². The maximum absolute atomic E-state index is 12.8. The van der Waals surface area contributed by atoms with Crippen LogP contribution in [-0.4, -0.2) is 62.6 Å². The van der Waals surface area contributed by atoms with Crippen LogP contribution in [0.25, 0.3) is 11.0 Å². The number of rotatable bonds is 4. The molecule has 1 saturated heterocycles. The van der Waals surface area contributed by atoms with E-state index in [1.807, 2.05) is 13.0 Å². The van der Waals surface area contributed by atoms with Gasteiger partial charge in [-0.1, -0.05) is 0 Å². The van der Waals surface area contributed by atoms with Gasteiger partial charge in [-0.3, -0.25) is 4.79 Å². The molecule has 0 saturated carbocycles. The van der Waals surface area contributed by atoms with Gasteiger partial charge < -0.3 is 14.1 Å². The minimum absolute atomic E-state index is 0.0749. The molecule has 0 unspecified atom stereocenters. The van der Waals surface area contributed by atoms with Crippen LogP contribution >= 0.6 is 0 Å². The number of hydrogen-bond acceptors (Lipinski definition) is 5. The predicted octanol–water partition coefficient (Wildman–Crippen LogP) is 1.86. The third kappa shape index (κ3) is 3.23. The normalized spacial score (nSPS) is 16.4. The number of sulfonamides is 1. The predicted molar refractivity (Wildman–Crippen MR) is 94.4 cm³/mol. The van der Waals surface area contributed by atoms with Gasteiger partial charge in [0.05, 0.1) is 12.9 Å². The molecule has 1 aliphatic heterocycles. The summed E-state index contributed by atoms with van der Waals surface area (Å²) in [5.41, 5.74) is 1.40. The maximum atomic E-state index is 12.8. The van der Waals surface area contributed by atoms with Crippen molar-refractivity contribution in [2.45, 2.75) is 13.8 Å². The number of aryl methyl sites for hydroxylation is 1. The molecule has 2 aromatic rings. The maximum Gasteiger partial charge on any atom is 0.289 e. The van der Waals surface area contributed by atoms with Crippen LogP contribution in [0.5, 0.6) is 5.75 Å². The number of methoxy groups -OCH3 is 1. The fourth-order valence-electron chi connectivity index (χ4n) is 3.03. The number of nitrogens with zero attached hydrogens (tertiary/aromatic N) is 2. The highest BCUT2D eigenvalue weighted by molar-refractivity contribution is 7.89. The second-order valence-corrected chi connectivity index (χ2v) is 8.27. The second-order valence-electron chi connectivity index (χ2n) is 6.01. The highest BCUT2D eigenvalue weighted by atomic mass is 32.2. The van der Waals surface area contributed by atoms with Crippen LogP contribution in [-0.2, 0) is 10.0 Å². The third-order valence-corrected chi connectivity index (χ3v) is 6.50. The first-order valence-corrected chi connectivity index (χ1v) is 9.82. The van der Waals surface area contributed by atoms with Crippen molar-refractivity contribution in [1.29, 1.82) is 0 Å². The monoisotopic (exact) mass is 366 g/mol. The van der Waals surface area contributed by atoms with Crippen molar-refractivity contribution in [3.63, 3.8) is 0 Å². The molecule has 7 nitrogen and oxygen atoms in total. The van der Waals surface area contributed by atoms with Crippen molar-refractivity contribution in [3.8, 4) is 5.75 Å². The molecule has 1 aliphatic rings. The van der Waals surface area contributed by atoms with E-state index in [9.17, 15) is 13.2 Å². The number of ether oxygens (including phenoxy) is 1. The molecule has 0 aliphatic carbocycles. The molecule has 2 heterocycles. The lowest BCUT2D eigenvalue weighted by Gasteiger charge is -2.33. The fourth-order valence-corrected chi connectivity index (χ4v) is 4.11. The van der Waals surface area contributed by atoms with Gasteiger partial charge in [0.25, 0.3) is 5.91 Å². The second kappa shape index (κ2) is 6.68. The van der Waals surface area contributed by atoms with Crippen LogP contribution in [0.2, 0.25) is 0 Å². The molecule has 1 fully saturated rings. The van der Waals surface area contributed by atoms with Gasteiger partial charge in [-0.05, 0) is 32.0 Å². The Hall–Kier alpha value is -2.06. The third-order valence-electron chi connectivity index (χ3n) is 4.62. The summed E-state index contributed by atoms with van der Waals surface area (Å²) < 4.78 is 36.3. The molecule has 136 valence electrons. The van der Waals surface area contributed by atoms with Gasteiger partial charge in [0, 0.05) is 37.1 Å². The van der Waals surface area contributed by atoms with E-state index in [-0.39, 0.29) is 11.7 Å². The smallest absolute Gasteiger partial charge is 0.289 e. The van der Waals surface area contributed by atoms with Crippen LogP contribution < -0.4 is 4.74 Å². The summed E-state index contributed by atoms with van der Waals surface area (Å²) in [5, 5.41) is 0.842. The topological polar surface area (TPSA) is 80.1 Å². The molecule has 25 heavy (non-hydrogen) atoms. The number of benzene rings is 1. The molecule has 0 bridgehead atoms. The van der Waals surface area contributed by atoms with E-state index in [1.165, 1.54) is 4.31 Å². The molecule has 0 spiro atoms. The van der Waals surface area contributed by atoms with Crippen LogP contribution in [0.4, 0.5) is 0 Å². The average Bonchev–Trinajstić information content (AvgIpc) is 2.97. The van der Waals surface area contributed by atoms with Crippen LogP contribution in [0.1, 0.15) is 23.0 Å². The van der Waals surface area contributed by atoms with Crippen molar-refractivity contribution in [2.75, 3.05) is 39.0 Å². The number of carbonyl (C=O) groups is 1. The Labute approximate surface area is 147 Å². The molecule has 1 amide bonds. The van der Waals surface area contributed by atoms with Crippen molar-refractivity contribution in [2.24, 2.45) is 0 Å². The Bertz CT molecular complexity index is 895. The highest BCUT2D eigenvalue weighted by Gasteiger charge is 2.30. The van der Waals surface area contributed by atoms with E-state index >= 15 is 0 Å². The number of hydrogen-bond donors (Lipinski definition) is 0. The zero-order valence-electron chi connectivity index (χ0n) is 14.6. The van der Waals surface area contributed by atoms with E-state index in [1.54, 1.807) is 31.1 Å². The Morgan fingerprint density at radius 1 is 1.24 bits per heavy atom. The SMILES string of the molecule is CCS(=O)(=O)N1CCN(C(=O)c2oc3ccc(OC)cc3c2C)CC1. The summed E-state index contributed by atoms with van der Waals surface area (Å²) in [7, 11) is -1.62. The molecular weight excluding hydrogens is 344 g/mol. The molecule has 0 N–H and O–H groups in total. The summed E-state index contributed by atoms with van der Waals surface area (Å²) in [6.07, 6.45) is 0. The minimum atomic E-state index is -3.21. The average molecular weight is 366 g/mol. The molecule has 0 atom stereocenters. The summed E-state index contributed by atoms with van der Waals surface area (Å²) >= 11 is 0. The van der Waals surface area contributed by atoms with Crippen molar-refractivity contribution < 1.29 is 22.4 Å². The van der Waals surface area contributed by atoms with Crippen molar-refractivity contribution >= 4 is 26.9 Å². The lowest BCUT2D eigenvalue weighted by Crippen LogP contribution is -2.50. The van der Waals surface area contributed by atoms with Gasteiger partial charge >= 0.3 is 0 Å². The van der Waals surface area contributed by atoms with Crippen LogP contribution in [0.15, 0.2) is 22.6 Å². The molecular formula is C17H22N2O5S. The van der Waals surface area contributed by atoms with Crippen molar-refractivity contribution in [1.82, 2.24) is 9.21 Å². The lowest BCUT2D eigenvalue weighted by atomic mass is 10.1. The van der Waals surface area contributed by atoms with E-state index in [4.69, 9.17) is 9.15 Å². The zero-order valence-corrected chi connectivity index (χ0v) is 15.4. The summed E-state index contributed by atoms with van der Waals surface area (Å²) in [5.74, 6) is 0.871. The standard InChI is InChI=1S/C17H22N2O5S/c1-4-25(21,22)19-9-7-18(8-10-19)17(20)16-12(2)14-11-13(23-3)5-6-15(14)24-16/h5-6,11H,4,7-10H2,1-3H3. The number of amides is 1. The van der Waals surface area contributed by atoms with Gasteiger partial charge in [0.15, 0.2) is 5.76 Å². The van der Waals surface area contributed by atoms with Crippen LogP contribution in [0, 0.1) is 6.92 Å². The number of fused-ring (bicyclic) bond motifs is 1. The van der Waals surface area contributed by atoms with Crippen LogP contribution in [0.3, 0.4) is 0 Å². The zero-order chi connectivity index (χ0) is 18.2. The van der Waals surface area contributed by atoms with Gasteiger partial charge in [-0.2, -0.15) is 4.31 Å². The van der Waals surface area contributed by atoms with E-state index in [0.29, 0.717) is 43.3 Å². The Kier molecular flexibility index (Phi) is 4.75. The molecule has 1 aromatic carbocycles. The quantitative estimate of drug-likeness (QED) is 0.825. The summed E-state index contributed by atoms with van der Waals surface area (Å²) in [6, 6.07) is 5.41. The largest absolute Gasteiger partial charge is 0.497 e. The van der Waals surface area contributed by atoms with Gasteiger partial charge in [0.1, 0.15) is 11.3 Å². The first kappa shape index (κ1) is 17.8. The highest BCUT2D eigenvalue weighted by Crippen LogP contribution is 2.29. The molecule has 1 aromatic heterocycles. The number of piperazine rings is 1. The number of carbonyl (C=O) groups excluding carboxylic acids is 1. The van der Waals surface area contributed by atoms with Gasteiger partial charge in [-0.15, -0.1) is 0 Å². The minimum Gasteiger partial charge on any atom is -0.497 e. The fraction of sp³-hybridized carbons (Fsp3) is 0.471. The Morgan fingerprint density at radius 2 is 1.92 bits per heavy atom. The van der Waals surface area contributed by atoms with Gasteiger partial charge in [-0.25, -0.2) is 8.42 Å².